The van der Waals surface area contributed by atoms with E-state index in [1.165, 1.54) is 7.11 Å². The molecule has 0 aliphatic heterocycles. The van der Waals surface area contributed by atoms with Gasteiger partial charge in [0.25, 0.3) is 5.56 Å². The minimum atomic E-state index is -0.905. The minimum Gasteiger partial charge on any atom is -0.494 e. The second-order valence-electron chi connectivity index (χ2n) is 4.31. The molecular weight excluding hydrogens is 262 g/mol. The van der Waals surface area contributed by atoms with Crippen molar-refractivity contribution in [3.63, 3.8) is 0 Å². The number of carboxylic acids is 1. The summed E-state index contributed by atoms with van der Waals surface area (Å²) in [5.74, 6) is -0.0905. The first kappa shape index (κ1) is 13.9. The molecule has 2 rings (SSSR count). The maximum Gasteiger partial charge on any atom is 0.305 e. The third kappa shape index (κ3) is 2.71. The highest BCUT2D eigenvalue weighted by molar-refractivity contribution is 5.84. The zero-order chi connectivity index (χ0) is 14.7. The van der Waals surface area contributed by atoms with Gasteiger partial charge in [-0.05, 0) is 12.1 Å². The topological polar surface area (TPSA) is 95.5 Å². The van der Waals surface area contributed by atoms with Crippen LogP contribution in [0.15, 0.2) is 23.0 Å². The molecule has 1 aromatic carbocycles. The normalized spacial score (nSPS) is 10.5. The van der Waals surface area contributed by atoms with Crippen molar-refractivity contribution in [3.8, 4) is 5.75 Å². The molecule has 2 N–H and O–H groups in total. The van der Waals surface area contributed by atoms with E-state index in [9.17, 15) is 9.59 Å². The molecule has 0 amide bonds. The van der Waals surface area contributed by atoms with Gasteiger partial charge in [-0.3, -0.25) is 14.6 Å². The first-order valence-electron chi connectivity index (χ1n) is 6.03. The lowest BCUT2D eigenvalue weighted by molar-refractivity contribution is -0.136. The number of benzene rings is 1. The molecule has 0 aliphatic rings. The maximum absolute atomic E-state index is 12.0. The lowest BCUT2D eigenvalue weighted by Gasteiger charge is -2.17. The Morgan fingerprint density at radius 3 is 2.90 bits per heavy atom. The van der Waals surface area contributed by atoms with Crippen LogP contribution in [0.3, 0.4) is 0 Å². The molecule has 0 spiro atoms. The number of aliphatic carboxylic acids is 1. The summed E-state index contributed by atoms with van der Waals surface area (Å²) in [7, 11) is 3.17. The van der Waals surface area contributed by atoms with Gasteiger partial charge < -0.3 is 14.7 Å². The number of aromatic nitrogens is 2. The Hall–Kier alpha value is -2.57. The van der Waals surface area contributed by atoms with E-state index in [4.69, 9.17) is 9.84 Å². The molecular formula is C13H15N3O4. The summed E-state index contributed by atoms with van der Waals surface area (Å²) >= 11 is 0. The molecule has 0 atom stereocenters. The summed E-state index contributed by atoms with van der Waals surface area (Å²) < 4.78 is 5.19. The highest BCUT2D eigenvalue weighted by Gasteiger charge is 2.11. The van der Waals surface area contributed by atoms with Gasteiger partial charge in [0.05, 0.1) is 18.9 Å². The van der Waals surface area contributed by atoms with Crippen molar-refractivity contribution in [2.45, 2.75) is 6.42 Å². The van der Waals surface area contributed by atoms with Crippen LogP contribution in [0.2, 0.25) is 0 Å². The van der Waals surface area contributed by atoms with Crippen LogP contribution in [0.1, 0.15) is 6.42 Å². The van der Waals surface area contributed by atoms with E-state index in [0.29, 0.717) is 22.6 Å². The average Bonchev–Trinajstić information content (AvgIpc) is 2.44. The Bertz CT molecular complexity index is 696. The third-order valence-electron chi connectivity index (χ3n) is 2.93. The molecule has 1 heterocycles. The van der Waals surface area contributed by atoms with Crippen LogP contribution in [0.4, 0.5) is 5.95 Å². The number of hydrogen-bond donors (Lipinski definition) is 2. The number of nitrogens with one attached hydrogen (secondary N) is 1. The Morgan fingerprint density at radius 1 is 1.50 bits per heavy atom. The number of anilines is 1. The van der Waals surface area contributed by atoms with Crippen molar-refractivity contribution in [2.24, 2.45) is 0 Å². The van der Waals surface area contributed by atoms with E-state index < -0.39 is 5.97 Å². The van der Waals surface area contributed by atoms with Crippen LogP contribution < -0.4 is 15.2 Å². The Kier molecular flexibility index (Phi) is 3.88. The first-order valence-corrected chi connectivity index (χ1v) is 6.03. The van der Waals surface area contributed by atoms with Crippen LogP contribution in [-0.4, -0.2) is 41.7 Å². The van der Waals surface area contributed by atoms with Gasteiger partial charge in [-0.1, -0.05) is 6.07 Å². The molecule has 0 radical (unpaired) electrons. The summed E-state index contributed by atoms with van der Waals surface area (Å²) in [6, 6.07) is 5.09. The molecule has 106 valence electrons. The van der Waals surface area contributed by atoms with Gasteiger partial charge in [-0.15, -0.1) is 0 Å². The smallest absolute Gasteiger partial charge is 0.305 e. The zero-order valence-electron chi connectivity index (χ0n) is 11.2. The fourth-order valence-electron chi connectivity index (χ4n) is 1.84. The fraction of sp³-hybridized carbons (Fsp3) is 0.308. The predicted molar refractivity (Wildman–Crippen MR) is 74.4 cm³/mol. The first-order chi connectivity index (χ1) is 9.52. The van der Waals surface area contributed by atoms with Crippen LogP contribution in [0.25, 0.3) is 10.9 Å². The van der Waals surface area contributed by atoms with Crippen LogP contribution in [0, 0.1) is 0 Å². The number of carboxylic acid groups (broad SMARTS) is 1. The number of nitrogens with zero attached hydrogens (tertiary/aromatic N) is 2. The lowest BCUT2D eigenvalue weighted by Crippen LogP contribution is -2.25. The van der Waals surface area contributed by atoms with Crippen LogP contribution >= 0.6 is 0 Å². The number of carbonyl (C=O) groups is 1. The quantitative estimate of drug-likeness (QED) is 0.841. The summed E-state index contributed by atoms with van der Waals surface area (Å²) in [6.45, 7) is 0.249. The molecule has 7 heteroatoms. The highest BCUT2D eigenvalue weighted by atomic mass is 16.5. The molecule has 0 unspecified atom stereocenters. The SMILES string of the molecule is COc1cccc2c(=O)[nH]c(N(C)CCC(=O)O)nc12. The van der Waals surface area contributed by atoms with Crippen LogP contribution in [-0.2, 0) is 4.79 Å². The Labute approximate surface area is 114 Å². The Balaban J connectivity index is 2.45. The van der Waals surface area contributed by atoms with E-state index in [-0.39, 0.29) is 18.5 Å². The summed E-state index contributed by atoms with van der Waals surface area (Å²) in [5.41, 5.74) is 0.169. The van der Waals surface area contributed by atoms with E-state index >= 15 is 0 Å². The molecule has 2 aromatic rings. The van der Waals surface area contributed by atoms with Gasteiger partial charge in [0, 0.05) is 13.6 Å². The highest BCUT2D eigenvalue weighted by Crippen LogP contribution is 2.22. The van der Waals surface area contributed by atoms with Gasteiger partial charge in [0.1, 0.15) is 11.3 Å². The number of methoxy groups -OCH3 is 1. The standard InChI is InChI=1S/C13H15N3O4/c1-16(7-6-10(17)18)13-14-11-8(12(19)15-13)4-3-5-9(11)20-2/h3-5H,6-7H2,1-2H3,(H,17,18)(H,14,15,19). The number of rotatable bonds is 5. The largest absolute Gasteiger partial charge is 0.494 e. The van der Waals surface area contributed by atoms with Crippen molar-refractivity contribution >= 4 is 22.8 Å². The van der Waals surface area contributed by atoms with E-state index in [0.717, 1.165) is 0 Å². The predicted octanol–water partition coefficient (Wildman–Crippen LogP) is 0.843. The lowest BCUT2D eigenvalue weighted by atomic mass is 10.2. The van der Waals surface area contributed by atoms with Crippen molar-refractivity contribution in [1.29, 1.82) is 0 Å². The van der Waals surface area contributed by atoms with Crippen molar-refractivity contribution in [3.05, 3.63) is 28.6 Å². The minimum absolute atomic E-state index is 0.0375. The zero-order valence-corrected chi connectivity index (χ0v) is 11.2. The molecule has 1 aromatic heterocycles. The van der Waals surface area contributed by atoms with Crippen molar-refractivity contribution < 1.29 is 14.6 Å². The van der Waals surface area contributed by atoms with E-state index in [2.05, 4.69) is 9.97 Å². The number of hydrogen-bond acceptors (Lipinski definition) is 5. The number of aromatic amines is 1. The molecule has 0 saturated carbocycles. The third-order valence-corrected chi connectivity index (χ3v) is 2.93. The molecule has 0 bridgehead atoms. The fourth-order valence-corrected chi connectivity index (χ4v) is 1.84. The second kappa shape index (κ2) is 5.60. The summed E-state index contributed by atoms with van der Waals surface area (Å²) in [6.07, 6.45) is -0.0375. The van der Waals surface area contributed by atoms with Gasteiger partial charge in [0.15, 0.2) is 0 Å². The molecule has 0 saturated heterocycles. The molecule has 0 aliphatic carbocycles. The van der Waals surface area contributed by atoms with Crippen molar-refractivity contribution in [2.75, 3.05) is 25.6 Å². The number of para-hydroxylation sites is 1. The number of ether oxygens (including phenoxy) is 1. The Morgan fingerprint density at radius 2 is 2.25 bits per heavy atom. The van der Waals surface area contributed by atoms with E-state index in [1.807, 2.05) is 0 Å². The number of fused-ring (bicyclic) bond motifs is 1. The second-order valence-corrected chi connectivity index (χ2v) is 4.31. The van der Waals surface area contributed by atoms with E-state index in [1.54, 1.807) is 30.1 Å². The van der Waals surface area contributed by atoms with Crippen LogP contribution in [0.5, 0.6) is 5.75 Å². The van der Waals surface area contributed by atoms with Gasteiger partial charge in [-0.2, -0.15) is 0 Å². The van der Waals surface area contributed by atoms with Gasteiger partial charge in [-0.25, -0.2) is 4.98 Å². The monoisotopic (exact) mass is 277 g/mol. The molecule has 0 fully saturated rings. The van der Waals surface area contributed by atoms with Crippen molar-refractivity contribution in [1.82, 2.24) is 9.97 Å². The number of H-pyrrole nitrogens is 1. The molecule has 7 nitrogen and oxygen atoms in total. The summed E-state index contributed by atoms with van der Waals surface area (Å²) in [5, 5.41) is 9.11. The summed E-state index contributed by atoms with van der Waals surface area (Å²) in [4.78, 5) is 31.1. The average molecular weight is 277 g/mol. The van der Waals surface area contributed by atoms with Gasteiger partial charge >= 0.3 is 5.97 Å². The molecule has 20 heavy (non-hydrogen) atoms. The van der Waals surface area contributed by atoms with Gasteiger partial charge in [0.2, 0.25) is 5.95 Å². The maximum atomic E-state index is 12.0.